The standard InChI is InChI=1S/C22H38O3Si/c1-8-10-11-13-16-14-18-17(12-9-2)20(15-19(23)21(18)24-16)25-26(6,7)22(3,4)5/h15-16,23H,8-14H2,1-7H3. The molecule has 1 unspecified atom stereocenters. The third-order valence-electron chi connectivity index (χ3n) is 5.95. The molecule has 26 heavy (non-hydrogen) atoms. The summed E-state index contributed by atoms with van der Waals surface area (Å²) in [7, 11) is -1.96. The Morgan fingerprint density at radius 2 is 1.88 bits per heavy atom. The summed E-state index contributed by atoms with van der Waals surface area (Å²) in [6, 6.07) is 1.80. The highest BCUT2D eigenvalue weighted by atomic mass is 28.4. The monoisotopic (exact) mass is 378 g/mol. The second-order valence-corrected chi connectivity index (χ2v) is 14.0. The molecule has 148 valence electrons. The summed E-state index contributed by atoms with van der Waals surface area (Å²) in [5.41, 5.74) is 2.44. The first-order valence-electron chi connectivity index (χ1n) is 10.3. The Bertz CT molecular complexity index is 617. The molecule has 4 heteroatoms. The zero-order valence-electron chi connectivity index (χ0n) is 17.9. The molecule has 0 aromatic heterocycles. The molecular weight excluding hydrogens is 340 g/mol. The third-order valence-corrected chi connectivity index (χ3v) is 10.3. The van der Waals surface area contributed by atoms with Crippen LogP contribution < -0.4 is 9.16 Å². The largest absolute Gasteiger partial charge is 0.543 e. The Morgan fingerprint density at radius 1 is 1.19 bits per heavy atom. The van der Waals surface area contributed by atoms with E-state index in [0.29, 0.717) is 5.75 Å². The first kappa shape index (κ1) is 21.1. The lowest BCUT2D eigenvalue weighted by Gasteiger charge is -2.37. The van der Waals surface area contributed by atoms with Crippen molar-refractivity contribution in [2.75, 3.05) is 0 Å². The van der Waals surface area contributed by atoms with Gasteiger partial charge in [-0.25, -0.2) is 0 Å². The van der Waals surface area contributed by atoms with E-state index in [2.05, 4.69) is 47.7 Å². The topological polar surface area (TPSA) is 38.7 Å². The van der Waals surface area contributed by atoms with Gasteiger partial charge in [-0.05, 0) is 43.0 Å². The molecule has 0 bridgehead atoms. The van der Waals surface area contributed by atoms with Gasteiger partial charge in [-0.1, -0.05) is 53.9 Å². The van der Waals surface area contributed by atoms with Crippen LogP contribution in [-0.2, 0) is 12.8 Å². The Balaban J connectivity index is 2.33. The molecule has 0 aliphatic carbocycles. The fourth-order valence-corrected chi connectivity index (χ4v) is 4.36. The minimum Gasteiger partial charge on any atom is -0.543 e. The lowest BCUT2D eigenvalue weighted by Crippen LogP contribution is -2.44. The van der Waals surface area contributed by atoms with Crippen molar-refractivity contribution in [3.63, 3.8) is 0 Å². The number of hydrogen-bond acceptors (Lipinski definition) is 3. The molecule has 0 fully saturated rings. The molecule has 1 aromatic carbocycles. The molecule has 0 amide bonds. The maximum Gasteiger partial charge on any atom is 0.250 e. The summed E-state index contributed by atoms with van der Waals surface area (Å²) in [6.07, 6.45) is 7.83. The van der Waals surface area contributed by atoms with Gasteiger partial charge in [-0.2, -0.15) is 0 Å². The summed E-state index contributed by atoms with van der Waals surface area (Å²) >= 11 is 0. The van der Waals surface area contributed by atoms with Crippen molar-refractivity contribution in [1.82, 2.24) is 0 Å². The van der Waals surface area contributed by atoms with Crippen molar-refractivity contribution in [2.24, 2.45) is 0 Å². The number of benzene rings is 1. The minimum atomic E-state index is -1.96. The molecule has 0 spiro atoms. The van der Waals surface area contributed by atoms with E-state index >= 15 is 0 Å². The Kier molecular flexibility index (Phi) is 6.70. The van der Waals surface area contributed by atoms with E-state index in [1.807, 2.05) is 0 Å². The van der Waals surface area contributed by atoms with Gasteiger partial charge < -0.3 is 14.3 Å². The van der Waals surface area contributed by atoms with E-state index in [1.54, 1.807) is 6.07 Å². The van der Waals surface area contributed by atoms with Crippen LogP contribution in [0, 0.1) is 0 Å². The zero-order valence-corrected chi connectivity index (χ0v) is 18.9. The Hall–Kier alpha value is -1.16. The van der Waals surface area contributed by atoms with Gasteiger partial charge in [0, 0.05) is 18.1 Å². The van der Waals surface area contributed by atoms with Gasteiger partial charge in [-0.3, -0.25) is 0 Å². The van der Waals surface area contributed by atoms with Gasteiger partial charge in [0.15, 0.2) is 11.5 Å². The zero-order chi connectivity index (χ0) is 19.5. The van der Waals surface area contributed by atoms with Crippen molar-refractivity contribution < 1.29 is 14.3 Å². The molecule has 1 aromatic rings. The first-order chi connectivity index (χ1) is 12.1. The van der Waals surface area contributed by atoms with Crippen LogP contribution in [0.5, 0.6) is 17.2 Å². The van der Waals surface area contributed by atoms with E-state index < -0.39 is 8.32 Å². The maximum absolute atomic E-state index is 10.6. The van der Waals surface area contributed by atoms with Crippen LogP contribution in [-0.4, -0.2) is 19.5 Å². The highest BCUT2D eigenvalue weighted by Crippen LogP contribution is 2.47. The van der Waals surface area contributed by atoms with Crippen molar-refractivity contribution in [2.45, 2.75) is 104 Å². The summed E-state index contributed by atoms with van der Waals surface area (Å²) in [6.45, 7) is 15.7. The van der Waals surface area contributed by atoms with Gasteiger partial charge in [0.05, 0.1) is 0 Å². The van der Waals surface area contributed by atoms with Crippen LogP contribution >= 0.6 is 0 Å². The lowest BCUT2D eigenvalue weighted by molar-refractivity contribution is 0.210. The number of aromatic hydroxyl groups is 1. The molecule has 1 heterocycles. The molecule has 3 nitrogen and oxygen atoms in total. The second-order valence-electron chi connectivity index (χ2n) is 9.23. The summed E-state index contributed by atoms with van der Waals surface area (Å²) in [5.74, 6) is 1.83. The summed E-state index contributed by atoms with van der Waals surface area (Å²) in [4.78, 5) is 0. The van der Waals surface area contributed by atoms with Crippen LogP contribution in [0.1, 0.15) is 77.8 Å². The van der Waals surface area contributed by atoms with Crippen molar-refractivity contribution >= 4 is 8.32 Å². The molecule has 1 atom stereocenters. The number of rotatable bonds is 8. The molecular formula is C22H38O3Si. The molecule has 1 aliphatic rings. The van der Waals surface area contributed by atoms with Crippen molar-refractivity contribution in [1.29, 1.82) is 0 Å². The first-order valence-corrected chi connectivity index (χ1v) is 13.2. The van der Waals surface area contributed by atoms with Gasteiger partial charge in [0.25, 0.3) is 0 Å². The number of phenolic OH excluding ortho intramolecular Hbond substituents is 1. The van der Waals surface area contributed by atoms with Gasteiger partial charge in [0.2, 0.25) is 8.32 Å². The number of ether oxygens (including phenoxy) is 1. The summed E-state index contributed by atoms with van der Waals surface area (Å²) < 4.78 is 12.7. The highest BCUT2D eigenvalue weighted by Gasteiger charge is 2.40. The van der Waals surface area contributed by atoms with Gasteiger partial charge in [-0.15, -0.1) is 0 Å². The van der Waals surface area contributed by atoms with Crippen molar-refractivity contribution in [3.05, 3.63) is 17.2 Å². The SMILES string of the molecule is CCCCCC1Cc2c(CCC)c(O[Si](C)(C)C(C)(C)C)cc(O)c2O1. The van der Waals surface area contributed by atoms with Crippen LogP contribution in [0.4, 0.5) is 0 Å². The minimum absolute atomic E-state index is 0.129. The van der Waals surface area contributed by atoms with E-state index in [0.717, 1.165) is 31.4 Å². The number of unbranched alkanes of at least 4 members (excludes halogenated alkanes) is 2. The average Bonchev–Trinajstić information content (AvgIpc) is 2.94. The molecule has 0 radical (unpaired) electrons. The lowest BCUT2D eigenvalue weighted by atomic mass is 9.96. The maximum atomic E-state index is 10.6. The van der Waals surface area contributed by atoms with Crippen molar-refractivity contribution in [3.8, 4) is 17.2 Å². The number of hydrogen-bond donors (Lipinski definition) is 1. The second kappa shape index (κ2) is 8.24. The van der Waals surface area contributed by atoms with Crippen LogP contribution in [0.3, 0.4) is 0 Å². The van der Waals surface area contributed by atoms with E-state index in [1.165, 1.54) is 30.4 Å². The third kappa shape index (κ3) is 4.57. The van der Waals surface area contributed by atoms with Crippen LogP contribution in [0.15, 0.2) is 6.07 Å². The normalized spacial score (nSPS) is 17.1. The van der Waals surface area contributed by atoms with E-state index in [9.17, 15) is 5.11 Å². The molecule has 2 rings (SSSR count). The molecule has 1 aliphatic heterocycles. The molecule has 1 N–H and O–H groups in total. The quantitative estimate of drug-likeness (QED) is 0.408. The highest BCUT2D eigenvalue weighted by molar-refractivity contribution is 6.74. The Morgan fingerprint density at radius 3 is 2.46 bits per heavy atom. The van der Waals surface area contributed by atoms with E-state index in [-0.39, 0.29) is 16.9 Å². The predicted molar refractivity (Wildman–Crippen MR) is 112 cm³/mol. The summed E-state index contributed by atoms with van der Waals surface area (Å²) in [5, 5.41) is 10.7. The average molecular weight is 379 g/mol. The van der Waals surface area contributed by atoms with Gasteiger partial charge in [0.1, 0.15) is 11.9 Å². The fourth-order valence-electron chi connectivity index (χ4n) is 3.33. The van der Waals surface area contributed by atoms with Gasteiger partial charge >= 0.3 is 0 Å². The predicted octanol–water partition coefficient (Wildman–Crippen LogP) is 6.61. The fraction of sp³-hybridized carbons (Fsp3) is 0.727. The van der Waals surface area contributed by atoms with Crippen LogP contribution in [0.25, 0.3) is 0 Å². The number of fused-ring (bicyclic) bond motifs is 1. The molecule has 0 saturated carbocycles. The van der Waals surface area contributed by atoms with E-state index in [4.69, 9.17) is 9.16 Å². The van der Waals surface area contributed by atoms with Crippen LogP contribution in [0.2, 0.25) is 18.1 Å². The smallest absolute Gasteiger partial charge is 0.250 e. The number of phenols is 1. The molecule has 0 saturated heterocycles. The Labute approximate surface area is 161 Å².